The third-order valence-corrected chi connectivity index (χ3v) is 14.9. The zero-order chi connectivity index (χ0) is 39.7. The van der Waals surface area contributed by atoms with Gasteiger partial charge < -0.3 is 0 Å². The van der Waals surface area contributed by atoms with Crippen molar-refractivity contribution in [2.75, 3.05) is 0 Å². The Morgan fingerprint density at radius 3 is 1.60 bits per heavy atom. The lowest BCUT2D eigenvalue weighted by Crippen LogP contribution is -2.14. The predicted octanol–water partition coefficient (Wildman–Crippen LogP) is 17.1. The second-order valence-corrected chi connectivity index (χ2v) is 18.1. The first-order chi connectivity index (χ1) is 29.5. The second kappa shape index (κ2) is 12.5. The van der Waals surface area contributed by atoms with Crippen LogP contribution in [0.15, 0.2) is 194 Å². The molecule has 0 fully saturated rings. The van der Waals surface area contributed by atoms with E-state index in [4.69, 9.17) is 0 Å². The third kappa shape index (κ3) is 4.67. The van der Waals surface area contributed by atoms with Crippen molar-refractivity contribution in [1.82, 2.24) is 0 Å². The van der Waals surface area contributed by atoms with E-state index in [2.05, 4.69) is 208 Å². The van der Waals surface area contributed by atoms with Crippen molar-refractivity contribution in [3.8, 4) is 44.5 Å². The van der Waals surface area contributed by atoms with E-state index in [-0.39, 0.29) is 5.41 Å². The van der Waals surface area contributed by atoms with Crippen molar-refractivity contribution < 1.29 is 0 Å². The van der Waals surface area contributed by atoms with Gasteiger partial charge in [0.15, 0.2) is 0 Å². The first-order valence-electron chi connectivity index (χ1n) is 21.0. The molecule has 1 heteroatoms. The van der Waals surface area contributed by atoms with Crippen LogP contribution in [0.1, 0.15) is 25.0 Å². The van der Waals surface area contributed by atoms with Crippen LogP contribution < -0.4 is 0 Å². The molecule has 0 nitrogen and oxygen atoms in total. The summed E-state index contributed by atoms with van der Waals surface area (Å²) in [6.45, 7) is 4.75. The molecule has 0 radical (unpaired) electrons. The van der Waals surface area contributed by atoms with Gasteiger partial charge in [0.1, 0.15) is 0 Å². The maximum Gasteiger partial charge on any atom is 0.0437 e. The molecule has 0 saturated heterocycles. The Balaban J connectivity index is 0.988. The van der Waals surface area contributed by atoms with Crippen LogP contribution in [0.3, 0.4) is 0 Å². The molecule has 0 spiro atoms. The molecule has 0 atom stereocenters. The van der Waals surface area contributed by atoms with E-state index < -0.39 is 0 Å². The van der Waals surface area contributed by atoms with Crippen LogP contribution in [-0.4, -0.2) is 0 Å². The van der Waals surface area contributed by atoms with Gasteiger partial charge in [0, 0.05) is 36.5 Å². The van der Waals surface area contributed by atoms with E-state index in [1.54, 1.807) is 0 Å². The molecule has 0 saturated carbocycles. The molecular formula is C59H38S. The normalized spacial score (nSPS) is 13.3. The second-order valence-electron chi connectivity index (χ2n) is 17.1. The SMILES string of the molecule is CC1(C)c2ccccc2-c2c1ccc1c2sc2c3ccccc3c(-c3ccc4cc(-c5c6ccccc6c(-c6cccc7ccccc67)c6ccccc56)ccc4c3)cc12. The fourth-order valence-corrected chi connectivity index (χ4v) is 12.2. The molecule has 280 valence electrons. The van der Waals surface area contributed by atoms with Crippen LogP contribution in [0.25, 0.3) is 119 Å². The van der Waals surface area contributed by atoms with Gasteiger partial charge in [-0.25, -0.2) is 0 Å². The van der Waals surface area contributed by atoms with E-state index in [1.165, 1.54) is 130 Å². The first-order valence-corrected chi connectivity index (χ1v) is 21.8. The lowest BCUT2D eigenvalue weighted by molar-refractivity contribution is 0.661. The summed E-state index contributed by atoms with van der Waals surface area (Å²) >= 11 is 1.97. The number of thiophene rings is 1. The molecule has 60 heavy (non-hydrogen) atoms. The maximum absolute atomic E-state index is 2.47. The predicted molar refractivity (Wildman–Crippen MR) is 261 cm³/mol. The fourth-order valence-electron chi connectivity index (χ4n) is 10.8. The van der Waals surface area contributed by atoms with Gasteiger partial charge in [-0.2, -0.15) is 0 Å². The van der Waals surface area contributed by atoms with Gasteiger partial charge in [-0.15, -0.1) is 11.3 Å². The van der Waals surface area contributed by atoms with E-state index in [0.29, 0.717) is 0 Å². The quantitative estimate of drug-likeness (QED) is 0.157. The largest absolute Gasteiger partial charge is 0.134 e. The van der Waals surface area contributed by atoms with Crippen LogP contribution in [0, 0.1) is 0 Å². The average Bonchev–Trinajstić information content (AvgIpc) is 3.79. The van der Waals surface area contributed by atoms with E-state index in [9.17, 15) is 0 Å². The molecule has 11 aromatic carbocycles. The smallest absolute Gasteiger partial charge is 0.0437 e. The number of hydrogen-bond donors (Lipinski definition) is 0. The monoisotopic (exact) mass is 778 g/mol. The minimum absolute atomic E-state index is 0.0182. The molecule has 0 aliphatic heterocycles. The molecule has 1 heterocycles. The summed E-state index contributed by atoms with van der Waals surface area (Å²) in [6, 6.07) is 72.9. The number of fused-ring (bicyclic) bond motifs is 13. The molecule has 0 amide bonds. The van der Waals surface area contributed by atoms with Gasteiger partial charge in [-0.1, -0.05) is 190 Å². The minimum Gasteiger partial charge on any atom is -0.134 e. The first kappa shape index (κ1) is 33.9. The Labute approximate surface area is 352 Å². The van der Waals surface area contributed by atoms with Gasteiger partial charge in [0.05, 0.1) is 0 Å². The minimum atomic E-state index is -0.0182. The highest BCUT2D eigenvalue weighted by atomic mass is 32.1. The Bertz CT molecular complexity index is 3740. The van der Waals surface area contributed by atoms with Crippen molar-refractivity contribution >= 4 is 85.4 Å². The number of benzene rings is 11. The van der Waals surface area contributed by atoms with Crippen LogP contribution in [0.2, 0.25) is 0 Å². The Hall–Kier alpha value is -7.06. The molecule has 1 aliphatic rings. The maximum atomic E-state index is 2.47. The van der Waals surface area contributed by atoms with Gasteiger partial charge in [-0.3, -0.25) is 0 Å². The lowest BCUT2D eigenvalue weighted by atomic mass is 9.82. The Morgan fingerprint density at radius 2 is 0.850 bits per heavy atom. The highest BCUT2D eigenvalue weighted by molar-refractivity contribution is 7.27. The van der Waals surface area contributed by atoms with E-state index >= 15 is 0 Å². The lowest BCUT2D eigenvalue weighted by Gasteiger charge is -2.21. The Morgan fingerprint density at radius 1 is 0.300 bits per heavy atom. The van der Waals surface area contributed by atoms with Crippen molar-refractivity contribution in [2.45, 2.75) is 19.3 Å². The zero-order valence-corrected chi connectivity index (χ0v) is 34.2. The van der Waals surface area contributed by atoms with Gasteiger partial charge in [-0.05, 0) is 117 Å². The molecule has 13 rings (SSSR count). The van der Waals surface area contributed by atoms with Crippen molar-refractivity contribution in [1.29, 1.82) is 0 Å². The molecule has 1 aliphatic carbocycles. The molecular weight excluding hydrogens is 741 g/mol. The third-order valence-electron chi connectivity index (χ3n) is 13.6. The topological polar surface area (TPSA) is 0 Å². The molecule has 0 N–H and O–H groups in total. The highest BCUT2D eigenvalue weighted by Gasteiger charge is 2.37. The summed E-state index contributed by atoms with van der Waals surface area (Å²) in [5.41, 5.74) is 13.3. The zero-order valence-electron chi connectivity index (χ0n) is 33.4. The average molecular weight is 779 g/mol. The van der Waals surface area contributed by atoms with Gasteiger partial charge in [0.25, 0.3) is 0 Å². The summed E-state index contributed by atoms with van der Waals surface area (Å²) in [5.74, 6) is 0. The summed E-state index contributed by atoms with van der Waals surface area (Å²) in [6.07, 6.45) is 0. The van der Waals surface area contributed by atoms with Crippen molar-refractivity contribution in [2.24, 2.45) is 0 Å². The molecule has 12 aromatic rings. The number of hydrogen-bond acceptors (Lipinski definition) is 1. The van der Waals surface area contributed by atoms with Crippen LogP contribution in [0.5, 0.6) is 0 Å². The van der Waals surface area contributed by atoms with Crippen LogP contribution in [0.4, 0.5) is 0 Å². The van der Waals surface area contributed by atoms with Gasteiger partial charge in [0.2, 0.25) is 0 Å². The highest BCUT2D eigenvalue weighted by Crippen LogP contribution is 2.55. The number of rotatable bonds is 3. The van der Waals surface area contributed by atoms with E-state index in [0.717, 1.165) is 0 Å². The standard InChI is InChI=1S/C59H38S/c1-59(2)52-25-12-11-23-49(52)56-53(59)31-30-48-51-34-50(41-17-5-10-22-47(41)57(51)60-58(48)56)38-28-26-37-33-39(29-27-36(37)32-38)54-43-18-6-8-20-45(43)55(46-21-9-7-19-44(46)54)42-24-13-15-35-14-3-4-16-40(35)42/h3-34H,1-2H3. The van der Waals surface area contributed by atoms with Crippen LogP contribution >= 0.6 is 11.3 Å². The summed E-state index contributed by atoms with van der Waals surface area (Å²) in [7, 11) is 0. The fraction of sp³-hybridized carbons (Fsp3) is 0.0508. The molecule has 0 unspecified atom stereocenters. The van der Waals surface area contributed by atoms with Gasteiger partial charge >= 0.3 is 0 Å². The summed E-state index contributed by atoms with van der Waals surface area (Å²) < 4.78 is 2.77. The van der Waals surface area contributed by atoms with Crippen molar-refractivity contribution in [3.05, 3.63) is 205 Å². The summed E-state index contributed by atoms with van der Waals surface area (Å²) in [4.78, 5) is 0. The summed E-state index contributed by atoms with van der Waals surface area (Å²) in [5, 5.41) is 15.4. The van der Waals surface area contributed by atoms with E-state index in [1.807, 2.05) is 11.3 Å². The van der Waals surface area contributed by atoms with Crippen molar-refractivity contribution in [3.63, 3.8) is 0 Å². The van der Waals surface area contributed by atoms with Crippen LogP contribution in [-0.2, 0) is 5.41 Å². The molecule has 1 aromatic heterocycles. The Kier molecular flexibility index (Phi) is 7.04. The molecule has 0 bridgehead atoms.